The Labute approximate surface area is 94.0 Å². The molecule has 0 aliphatic carbocycles. The molecule has 0 bridgehead atoms. The summed E-state index contributed by atoms with van der Waals surface area (Å²) >= 11 is 0. The largest absolute Gasteiger partial charge is 0.326 e. The molecule has 2 N–H and O–H groups in total. The molecule has 0 fully saturated rings. The Morgan fingerprint density at radius 1 is 1.27 bits per heavy atom. The number of rotatable bonds is 3. The van der Waals surface area contributed by atoms with Crippen molar-refractivity contribution in [3.05, 3.63) is 41.5 Å². The van der Waals surface area contributed by atoms with Crippen molar-refractivity contribution in [3.8, 4) is 0 Å². The van der Waals surface area contributed by atoms with Gasteiger partial charge < -0.3 is 5.73 Å². The summed E-state index contributed by atoms with van der Waals surface area (Å²) < 4.78 is 0. The van der Waals surface area contributed by atoms with Crippen LogP contribution in [0.3, 0.4) is 0 Å². The Balaban J connectivity index is 0.000000921. The molecule has 0 aliphatic heterocycles. The van der Waals surface area contributed by atoms with E-state index in [-0.39, 0.29) is 0 Å². The first-order valence-corrected chi connectivity index (χ1v) is 5.66. The Morgan fingerprint density at radius 3 is 2.27 bits per heavy atom. The molecule has 0 saturated heterocycles. The molecule has 1 nitrogen and oxygen atoms in total. The van der Waals surface area contributed by atoms with E-state index in [2.05, 4.69) is 31.7 Å². The lowest BCUT2D eigenvalue weighted by molar-refractivity contribution is 1.00. The average Bonchev–Trinajstić information content (AvgIpc) is 2.30. The van der Waals surface area contributed by atoms with Gasteiger partial charge in [-0.1, -0.05) is 51.1 Å². The molecule has 0 saturated carbocycles. The maximum absolute atomic E-state index is 5.63. The third kappa shape index (κ3) is 3.88. The highest BCUT2D eigenvalue weighted by Gasteiger charge is 2.00. The minimum Gasteiger partial charge on any atom is -0.326 e. The van der Waals surface area contributed by atoms with E-state index in [0.717, 1.165) is 12.0 Å². The fourth-order valence-electron chi connectivity index (χ4n) is 1.42. The zero-order valence-electron chi connectivity index (χ0n) is 10.4. The van der Waals surface area contributed by atoms with Gasteiger partial charge in [-0.3, -0.25) is 0 Å². The van der Waals surface area contributed by atoms with Crippen LogP contribution in [-0.4, -0.2) is 0 Å². The highest BCUT2D eigenvalue weighted by atomic mass is 14.5. The summed E-state index contributed by atoms with van der Waals surface area (Å²) in [5, 5.41) is 0. The summed E-state index contributed by atoms with van der Waals surface area (Å²) in [4.78, 5) is 0. The lowest BCUT2D eigenvalue weighted by Gasteiger charge is -2.08. The van der Waals surface area contributed by atoms with Crippen LogP contribution >= 0.6 is 0 Å². The van der Waals surface area contributed by atoms with E-state index >= 15 is 0 Å². The predicted molar refractivity (Wildman–Crippen MR) is 69.8 cm³/mol. The summed E-state index contributed by atoms with van der Waals surface area (Å²) in [5.74, 6) is 0. The molecule has 0 heterocycles. The van der Waals surface area contributed by atoms with Crippen molar-refractivity contribution in [2.24, 2.45) is 5.73 Å². The number of hydrogen-bond acceptors (Lipinski definition) is 1. The first kappa shape index (κ1) is 13.9. The summed E-state index contributed by atoms with van der Waals surface area (Å²) in [6.07, 6.45) is 1.04. The maximum Gasteiger partial charge on any atom is 0.0180 e. The smallest absolute Gasteiger partial charge is 0.0180 e. The van der Waals surface area contributed by atoms with Crippen molar-refractivity contribution in [2.75, 3.05) is 0 Å². The monoisotopic (exact) mass is 205 g/mol. The second-order valence-corrected chi connectivity index (χ2v) is 3.32. The van der Waals surface area contributed by atoms with E-state index in [1.54, 1.807) is 0 Å². The highest BCUT2D eigenvalue weighted by molar-refractivity contribution is 5.62. The van der Waals surface area contributed by atoms with Crippen LogP contribution < -0.4 is 5.73 Å². The normalized spacial score (nSPS) is 9.13. The van der Waals surface area contributed by atoms with Gasteiger partial charge in [0.25, 0.3) is 0 Å². The molecule has 84 valence electrons. The van der Waals surface area contributed by atoms with E-state index < -0.39 is 0 Å². The van der Waals surface area contributed by atoms with E-state index in [0.29, 0.717) is 6.54 Å². The summed E-state index contributed by atoms with van der Waals surface area (Å²) in [5.41, 5.74) is 10.5. The zero-order chi connectivity index (χ0) is 11.8. The van der Waals surface area contributed by atoms with Crippen LogP contribution in [0.15, 0.2) is 24.8 Å². The van der Waals surface area contributed by atoms with Gasteiger partial charge in [0.05, 0.1) is 0 Å². The zero-order valence-corrected chi connectivity index (χ0v) is 10.4. The van der Waals surface area contributed by atoms with Crippen molar-refractivity contribution in [3.63, 3.8) is 0 Å². The van der Waals surface area contributed by atoms with Crippen LogP contribution in [0, 0.1) is 0 Å². The first-order valence-electron chi connectivity index (χ1n) is 5.66. The minimum atomic E-state index is 0.625. The molecule has 0 amide bonds. The Morgan fingerprint density at radius 2 is 1.87 bits per heavy atom. The number of nitrogens with two attached hydrogens (primary N) is 1. The van der Waals surface area contributed by atoms with Crippen LogP contribution in [0.25, 0.3) is 5.57 Å². The van der Waals surface area contributed by atoms with Gasteiger partial charge in [-0.05, 0) is 30.0 Å². The van der Waals surface area contributed by atoms with E-state index in [1.807, 2.05) is 20.8 Å². The number of benzene rings is 1. The topological polar surface area (TPSA) is 26.0 Å². The molecule has 0 atom stereocenters. The second-order valence-electron chi connectivity index (χ2n) is 3.32. The molecule has 0 aliphatic rings. The lowest BCUT2D eigenvalue weighted by Crippen LogP contribution is -2.01. The Hall–Kier alpha value is -1.08. The van der Waals surface area contributed by atoms with Crippen molar-refractivity contribution in [1.29, 1.82) is 0 Å². The minimum absolute atomic E-state index is 0.625. The average molecular weight is 205 g/mol. The molecule has 1 aromatic carbocycles. The van der Waals surface area contributed by atoms with E-state index in [9.17, 15) is 0 Å². The van der Waals surface area contributed by atoms with Crippen molar-refractivity contribution >= 4 is 5.57 Å². The molecule has 15 heavy (non-hydrogen) atoms. The molecule has 1 heteroatoms. The fourth-order valence-corrected chi connectivity index (χ4v) is 1.42. The van der Waals surface area contributed by atoms with Crippen LogP contribution in [0.5, 0.6) is 0 Å². The van der Waals surface area contributed by atoms with Gasteiger partial charge in [0.2, 0.25) is 0 Å². The Bertz CT molecular complexity index is 313. The SMILES string of the molecule is C=C(C)c1ccc(CN)c(CC)c1.CC. The van der Waals surface area contributed by atoms with Gasteiger partial charge in [-0.15, -0.1) is 0 Å². The molecule has 0 spiro atoms. The Kier molecular flexibility index (Phi) is 6.72. The van der Waals surface area contributed by atoms with E-state index in [1.165, 1.54) is 16.7 Å². The van der Waals surface area contributed by atoms with Gasteiger partial charge in [-0.2, -0.15) is 0 Å². The number of allylic oxidation sites excluding steroid dienone is 1. The molecular weight excluding hydrogens is 182 g/mol. The molecule has 1 aromatic rings. The third-order valence-corrected chi connectivity index (χ3v) is 2.30. The molecule has 0 unspecified atom stereocenters. The van der Waals surface area contributed by atoms with Crippen LogP contribution in [-0.2, 0) is 13.0 Å². The molecular formula is C14H23N. The van der Waals surface area contributed by atoms with Crippen LogP contribution in [0.4, 0.5) is 0 Å². The van der Waals surface area contributed by atoms with Gasteiger partial charge in [0, 0.05) is 6.54 Å². The fraction of sp³-hybridized carbons (Fsp3) is 0.429. The van der Waals surface area contributed by atoms with Crippen molar-refractivity contribution in [1.82, 2.24) is 0 Å². The van der Waals surface area contributed by atoms with Gasteiger partial charge in [-0.25, -0.2) is 0 Å². The van der Waals surface area contributed by atoms with Gasteiger partial charge in [0.15, 0.2) is 0 Å². The summed E-state index contributed by atoms with van der Waals surface area (Å²) in [6, 6.07) is 6.37. The van der Waals surface area contributed by atoms with Crippen molar-refractivity contribution < 1.29 is 0 Å². The second kappa shape index (κ2) is 7.24. The van der Waals surface area contributed by atoms with Crippen LogP contribution in [0.2, 0.25) is 0 Å². The number of hydrogen-bond donors (Lipinski definition) is 1. The van der Waals surface area contributed by atoms with Crippen molar-refractivity contribution in [2.45, 2.75) is 40.7 Å². The predicted octanol–water partition coefficient (Wildman–Crippen LogP) is 3.77. The molecule has 1 rings (SSSR count). The number of aryl methyl sites for hydroxylation is 1. The maximum atomic E-state index is 5.63. The lowest BCUT2D eigenvalue weighted by atomic mass is 9.99. The summed E-state index contributed by atoms with van der Waals surface area (Å²) in [6.45, 7) is 12.7. The highest BCUT2D eigenvalue weighted by Crippen LogP contribution is 2.17. The standard InChI is InChI=1S/C12H17N.C2H6/c1-4-10-7-11(9(2)3)5-6-12(10)8-13;1-2/h5-7H,2,4,8,13H2,1,3H3;1-2H3. The molecule has 0 radical (unpaired) electrons. The molecule has 0 aromatic heterocycles. The van der Waals surface area contributed by atoms with Gasteiger partial charge >= 0.3 is 0 Å². The van der Waals surface area contributed by atoms with Crippen LogP contribution in [0.1, 0.15) is 44.4 Å². The van der Waals surface area contributed by atoms with E-state index in [4.69, 9.17) is 5.73 Å². The third-order valence-electron chi connectivity index (χ3n) is 2.30. The van der Waals surface area contributed by atoms with Gasteiger partial charge in [0.1, 0.15) is 0 Å². The first-order chi connectivity index (χ1) is 7.19. The summed E-state index contributed by atoms with van der Waals surface area (Å²) in [7, 11) is 0. The quantitative estimate of drug-likeness (QED) is 0.798.